The molecule has 0 spiro atoms. The summed E-state index contributed by atoms with van der Waals surface area (Å²) in [6.07, 6.45) is 2.47. The van der Waals surface area contributed by atoms with E-state index in [0.717, 1.165) is 6.54 Å². The van der Waals surface area contributed by atoms with Gasteiger partial charge in [-0.15, -0.1) is 0 Å². The van der Waals surface area contributed by atoms with Gasteiger partial charge >= 0.3 is 0 Å². The van der Waals surface area contributed by atoms with Gasteiger partial charge in [0, 0.05) is 31.3 Å². The van der Waals surface area contributed by atoms with E-state index in [1.807, 2.05) is 6.07 Å². The molecule has 0 unspecified atom stereocenters. The van der Waals surface area contributed by atoms with E-state index in [2.05, 4.69) is 10.6 Å². The summed E-state index contributed by atoms with van der Waals surface area (Å²) in [5, 5.41) is 26.0. The lowest BCUT2D eigenvalue weighted by molar-refractivity contribution is -0.384. The maximum atomic E-state index is 10.6. The number of hydrogen-bond acceptors (Lipinski definition) is 5. The lowest BCUT2D eigenvalue weighted by atomic mass is 10.1. The van der Waals surface area contributed by atoms with Crippen LogP contribution in [0.4, 0.5) is 11.4 Å². The number of hydrogen-bond donors (Lipinski definition) is 2. The van der Waals surface area contributed by atoms with E-state index in [0.29, 0.717) is 23.8 Å². The van der Waals surface area contributed by atoms with Gasteiger partial charge in [-0.3, -0.25) is 10.1 Å². The Morgan fingerprint density at radius 3 is 2.83 bits per heavy atom. The summed E-state index contributed by atoms with van der Waals surface area (Å²) in [5.74, 6) is 0. The standard InChI is InChI=1S/C12H14N4O2/c13-8-9-7-11(16(17)18)3-4-12(9)15-6-5-14-10-1-2-10/h3-4,7,10,14-15H,1-2,5-6H2. The van der Waals surface area contributed by atoms with Crippen molar-refractivity contribution < 1.29 is 4.92 Å². The van der Waals surface area contributed by atoms with Gasteiger partial charge in [0.15, 0.2) is 0 Å². The Kier molecular flexibility index (Phi) is 3.75. The summed E-state index contributed by atoms with van der Waals surface area (Å²) in [4.78, 5) is 10.1. The number of rotatable bonds is 6. The van der Waals surface area contributed by atoms with Crippen molar-refractivity contribution >= 4 is 11.4 Å². The topological polar surface area (TPSA) is 91.0 Å². The maximum absolute atomic E-state index is 10.6. The summed E-state index contributed by atoms with van der Waals surface area (Å²) >= 11 is 0. The van der Waals surface area contributed by atoms with Gasteiger partial charge in [0.1, 0.15) is 6.07 Å². The predicted octanol–water partition coefficient (Wildman–Crippen LogP) is 1.63. The van der Waals surface area contributed by atoms with Crippen LogP contribution in [0, 0.1) is 21.4 Å². The average Bonchev–Trinajstić information content (AvgIpc) is 3.18. The highest BCUT2D eigenvalue weighted by Crippen LogP contribution is 2.21. The molecule has 0 saturated heterocycles. The Bertz CT molecular complexity index is 491. The van der Waals surface area contributed by atoms with Gasteiger partial charge in [0.25, 0.3) is 5.69 Å². The van der Waals surface area contributed by atoms with E-state index >= 15 is 0 Å². The van der Waals surface area contributed by atoms with Crippen LogP contribution in [0.2, 0.25) is 0 Å². The molecule has 1 aliphatic carbocycles. The minimum absolute atomic E-state index is 0.0618. The van der Waals surface area contributed by atoms with E-state index in [9.17, 15) is 10.1 Å². The first-order chi connectivity index (χ1) is 8.70. The molecule has 0 atom stereocenters. The summed E-state index contributed by atoms with van der Waals surface area (Å²) < 4.78 is 0. The number of non-ortho nitro benzene ring substituents is 1. The lowest BCUT2D eigenvalue weighted by Gasteiger charge is -2.08. The number of nitro benzene ring substituents is 1. The molecule has 94 valence electrons. The van der Waals surface area contributed by atoms with Crippen LogP contribution in [0.5, 0.6) is 0 Å². The van der Waals surface area contributed by atoms with Crippen LogP contribution in [0.3, 0.4) is 0 Å². The molecular formula is C12H14N4O2. The Labute approximate surface area is 105 Å². The number of nitrogens with one attached hydrogen (secondary N) is 2. The monoisotopic (exact) mass is 246 g/mol. The molecule has 0 aromatic heterocycles. The summed E-state index contributed by atoms with van der Waals surface area (Å²) in [6.45, 7) is 1.52. The molecule has 1 fully saturated rings. The van der Waals surface area contributed by atoms with Crippen molar-refractivity contribution in [2.75, 3.05) is 18.4 Å². The van der Waals surface area contributed by atoms with E-state index < -0.39 is 4.92 Å². The summed E-state index contributed by atoms with van der Waals surface area (Å²) in [5.41, 5.74) is 0.879. The molecule has 2 rings (SSSR count). The van der Waals surface area contributed by atoms with Crippen molar-refractivity contribution in [1.82, 2.24) is 5.32 Å². The van der Waals surface area contributed by atoms with Crippen molar-refractivity contribution in [3.63, 3.8) is 0 Å². The molecule has 0 heterocycles. The molecule has 1 saturated carbocycles. The molecule has 1 aliphatic rings. The van der Waals surface area contributed by atoms with Gasteiger partial charge in [-0.25, -0.2) is 0 Å². The molecule has 0 bridgehead atoms. The Hall–Kier alpha value is -2.13. The second-order valence-corrected chi connectivity index (χ2v) is 4.25. The number of nitriles is 1. The molecule has 0 aliphatic heterocycles. The number of anilines is 1. The highest BCUT2D eigenvalue weighted by Gasteiger charge is 2.19. The van der Waals surface area contributed by atoms with E-state index in [1.165, 1.54) is 25.0 Å². The normalized spacial score (nSPS) is 13.9. The van der Waals surface area contributed by atoms with Crippen molar-refractivity contribution in [2.24, 2.45) is 0 Å². The Balaban J connectivity index is 1.94. The van der Waals surface area contributed by atoms with Crippen molar-refractivity contribution in [3.8, 4) is 6.07 Å². The summed E-state index contributed by atoms with van der Waals surface area (Å²) in [6, 6.07) is 6.88. The van der Waals surface area contributed by atoms with Crippen LogP contribution in [-0.4, -0.2) is 24.1 Å². The number of benzene rings is 1. The molecule has 6 heteroatoms. The molecule has 1 aromatic rings. The maximum Gasteiger partial charge on any atom is 0.270 e. The Morgan fingerprint density at radius 2 is 2.22 bits per heavy atom. The molecule has 0 amide bonds. The quantitative estimate of drug-likeness (QED) is 0.452. The van der Waals surface area contributed by atoms with E-state index in [1.54, 1.807) is 6.07 Å². The van der Waals surface area contributed by atoms with E-state index in [4.69, 9.17) is 5.26 Å². The van der Waals surface area contributed by atoms with Gasteiger partial charge in [0.05, 0.1) is 16.2 Å². The third-order valence-electron chi connectivity index (χ3n) is 2.79. The zero-order chi connectivity index (χ0) is 13.0. The molecule has 0 radical (unpaired) electrons. The molecule has 18 heavy (non-hydrogen) atoms. The highest BCUT2D eigenvalue weighted by molar-refractivity contribution is 5.61. The molecule has 1 aromatic carbocycles. The minimum atomic E-state index is -0.501. The zero-order valence-corrected chi connectivity index (χ0v) is 9.85. The summed E-state index contributed by atoms with van der Waals surface area (Å²) in [7, 11) is 0. The van der Waals surface area contributed by atoms with Crippen LogP contribution in [0.15, 0.2) is 18.2 Å². The SMILES string of the molecule is N#Cc1cc([N+](=O)[O-])ccc1NCCNC1CC1. The first kappa shape index (κ1) is 12.3. The Morgan fingerprint density at radius 1 is 1.44 bits per heavy atom. The van der Waals surface area contributed by atoms with Crippen LogP contribution < -0.4 is 10.6 Å². The fraction of sp³-hybridized carbons (Fsp3) is 0.417. The molecule has 6 nitrogen and oxygen atoms in total. The second-order valence-electron chi connectivity index (χ2n) is 4.25. The van der Waals surface area contributed by atoms with Crippen molar-refractivity contribution in [3.05, 3.63) is 33.9 Å². The fourth-order valence-corrected chi connectivity index (χ4v) is 1.65. The minimum Gasteiger partial charge on any atom is -0.383 e. The zero-order valence-electron chi connectivity index (χ0n) is 9.85. The molecule has 2 N–H and O–H groups in total. The third-order valence-corrected chi connectivity index (χ3v) is 2.79. The van der Waals surface area contributed by atoms with Crippen molar-refractivity contribution in [1.29, 1.82) is 5.26 Å². The fourth-order valence-electron chi connectivity index (χ4n) is 1.65. The first-order valence-corrected chi connectivity index (χ1v) is 5.86. The smallest absolute Gasteiger partial charge is 0.270 e. The van der Waals surface area contributed by atoms with Gasteiger partial charge in [-0.05, 0) is 18.9 Å². The van der Waals surface area contributed by atoms with Crippen LogP contribution in [0.25, 0.3) is 0 Å². The van der Waals surface area contributed by atoms with Crippen LogP contribution in [-0.2, 0) is 0 Å². The van der Waals surface area contributed by atoms with Crippen molar-refractivity contribution in [2.45, 2.75) is 18.9 Å². The predicted molar refractivity (Wildman–Crippen MR) is 67.3 cm³/mol. The lowest BCUT2D eigenvalue weighted by Crippen LogP contribution is -2.24. The van der Waals surface area contributed by atoms with Gasteiger partial charge < -0.3 is 10.6 Å². The highest BCUT2D eigenvalue weighted by atomic mass is 16.6. The number of nitrogens with zero attached hydrogens (tertiary/aromatic N) is 2. The van der Waals surface area contributed by atoms with Gasteiger partial charge in [-0.1, -0.05) is 0 Å². The number of nitro groups is 1. The van der Waals surface area contributed by atoms with E-state index in [-0.39, 0.29) is 5.69 Å². The van der Waals surface area contributed by atoms with Gasteiger partial charge in [-0.2, -0.15) is 5.26 Å². The van der Waals surface area contributed by atoms with Crippen LogP contribution in [0.1, 0.15) is 18.4 Å². The average molecular weight is 246 g/mol. The van der Waals surface area contributed by atoms with Crippen LogP contribution >= 0.6 is 0 Å². The third kappa shape index (κ3) is 3.18. The second kappa shape index (κ2) is 5.47. The van der Waals surface area contributed by atoms with Gasteiger partial charge in [0.2, 0.25) is 0 Å². The molecular weight excluding hydrogens is 232 g/mol. The first-order valence-electron chi connectivity index (χ1n) is 5.86. The largest absolute Gasteiger partial charge is 0.383 e.